The molecule has 12 heavy (non-hydrogen) atoms. The lowest BCUT2D eigenvalue weighted by Gasteiger charge is -2.35. The van der Waals surface area contributed by atoms with Crippen molar-refractivity contribution in [2.75, 3.05) is 0 Å². The van der Waals surface area contributed by atoms with Crippen molar-refractivity contribution in [2.24, 2.45) is 5.41 Å². The van der Waals surface area contributed by atoms with Gasteiger partial charge in [-0.2, -0.15) is 0 Å². The quantitative estimate of drug-likeness (QED) is 0.605. The summed E-state index contributed by atoms with van der Waals surface area (Å²) in [5.41, 5.74) is 0.0833. The van der Waals surface area contributed by atoms with Gasteiger partial charge in [0, 0.05) is 5.41 Å². The molecule has 0 spiro atoms. The zero-order valence-corrected chi connectivity index (χ0v) is 8.44. The molecule has 0 heterocycles. The molecule has 0 aromatic heterocycles. The van der Waals surface area contributed by atoms with Gasteiger partial charge in [-0.1, -0.05) is 13.3 Å². The minimum absolute atomic E-state index is 0.0833. The van der Waals surface area contributed by atoms with Crippen LogP contribution in [-0.2, 0) is 9.59 Å². The molecule has 0 bridgehead atoms. The molecule has 1 aliphatic rings. The van der Waals surface area contributed by atoms with Gasteiger partial charge in [0.2, 0.25) is 0 Å². The Hall–Kier alpha value is -0.660. The van der Waals surface area contributed by atoms with Crippen molar-refractivity contribution < 1.29 is 9.59 Å². The normalized spacial score (nSPS) is 18.3. The second-order valence-electron chi connectivity index (χ2n) is 3.88. The molecule has 0 aromatic carbocycles. The fourth-order valence-electron chi connectivity index (χ4n) is 1.06. The standard InChI is InChI=1S/C7H12O.C3H6O/c1-6(8)7(2)4-3-5-7;1-3(2)4/h3-5H2,1-2H3;1-2H3. The molecule has 0 radical (unpaired) electrons. The Balaban J connectivity index is 0.000000261. The van der Waals surface area contributed by atoms with E-state index in [1.54, 1.807) is 6.92 Å². The highest BCUT2D eigenvalue weighted by Gasteiger charge is 2.35. The lowest BCUT2D eigenvalue weighted by atomic mass is 9.68. The number of carbonyl (C=O) groups excluding carboxylic acids is 2. The van der Waals surface area contributed by atoms with Gasteiger partial charge in [-0.15, -0.1) is 0 Å². The van der Waals surface area contributed by atoms with Crippen molar-refractivity contribution in [3.05, 3.63) is 0 Å². The molecule has 0 aliphatic heterocycles. The molecule has 70 valence electrons. The lowest BCUT2D eigenvalue weighted by Crippen LogP contribution is -2.32. The molecule has 0 atom stereocenters. The van der Waals surface area contributed by atoms with E-state index in [2.05, 4.69) is 6.92 Å². The van der Waals surface area contributed by atoms with Gasteiger partial charge in [0.05, 0.1) is 0 Å². The average molecular weight is 170 g/mol. The Kier molecular flexibility index (Phi) is 4.15. The Morgan fingerprint density at radius 2 is 1.42 bits per heavy atom. The summed E-state index contributed by atoms with van der Waals surface area (Å²) in [4.78, 5) is 20.2. The minimum atomic E-state index is 0.0833. The Morgan fingerprint density at radius 3 is 1.42 bits per heavy atom. The average Bonchev–Trinajstić information content (AvgIpc) is 1.81. The van der Waals surface area contributed by atoms with Crippen LogP contribution >= 0.6 is 0 Å². The van der Waals surface area contributed by atoms with E-state index in [1.165, 1.54) is 20.3 Å². The second kappa shape index (κ2) is 4.39. The highest BCUT2D eigenvalue weighted by molar-refractivity contribution is 5.82. The van der Waals surface area contributed by atoms with Crippen LogP contribution in [0.3, 0.4) is 0 Å². The predicted octanol–water partition coefficient (Wildman–Crippen LogP) is 2.36. The van der Waals surface area contributed by atoms with Crippen molar-refractivity contribution in [3.63, 3.8) is 0 Å². The van der Waals surface area contributed by atoms with Gasteiger partial charge in [-0.05, 0) is 33.6 Å². The van der Waals surface area contributed by atoms with Crippen molar-refractivity contribution >= 4 is 11.6 Å². The first kappa shape index (κ1) is 11.3. The number of carbonyl (C=O) groups is 2. The fraction of sp³-hybridized carbons (Fsp3) is 0.800. The van der Waals surface area contributed by atoms with Crippen LogP contribution in [0.25, 0.3) is 0 Å². The number of hydrogen-bond donors (Lipinski definition) is 0. The van der Waals surface area contributed by atoms with Crippen molar-refractivity contribution in [3.8, 4) is 0 Å². The maximum atomic E-state index is 10.7. The third-order valence-electron chi connectivity index (χ3n) is 2.31. The first-order valence-electron chi connectivity index (χ1n) is 4.37. The molecule has 0 unspecified atom stereocenters. The van der Waals surface area contributed by atoms with Crippen LogP contribution in [-0.4, -0.2) is 11.6 Å². The topological polar surface area (TPSA) is 34.1 Å². The van der Waals surface area contributed by atoms with Gasteiger partial charge in [-0.25, -0.2) is 0 Å². The van der Waals surface area contributed by atoms with Gasteiger partial charge >= 0.3 is 0 Å². The van der Waals surface area contributed by atoms with Crippen LogP contribution in [0.1, 0.15) is 47.0 Å². The van der Waals surface area contributed by atoms with E-state index >= 15 is 0 Å². The SMILES string of the molecule is CC(=O)C1(C)CCC1.CC(C)=O. The van der Waals surface area contributed by atoms with E-state index in [4.69, 9.17) is 0 Å². The van der Waals surface area contributed by atoms with Crippen molar-refractivity contribution in [2.45, 2.75) is 47.0 Å². The van der Waals surface area contributed by atoms with E-state index in [1.807, 2.05) is 0 Å². The largest absolute Gasteiger partial charge is 0.300 e. The van der Waals surface area contributed by atoms with Gasteiger partial charge < -0.3 is 4.79 Å². The summed E-state index contributed by atoms with van der Waals surface area (Å²) in [5, 5.41) is 0. The smallest absolute Gasteiger partial charge is 0.135 e. The van der Waals surface area contributed by atoms with Crippen LogP contribution < -0.4 is 0 Å². The van der Waals surface area contributed by atoms with Crippen LogP contribution in [0.15, 0.2) is 0 Å². The first-order chi connectivity index (χ1) is 5.38. The predicted molar refractivity (Wildman–Crippen MR) is 49.0 cm³/mol. The van der Waals surface area contributed by atoms with Gasteiger partial charge in [0.15, 0.2) is 0 Å². The maximum Gasteiger partial charge on any atom is 0.135 e. The second-order valence-corrected chi connectivity index (χ2v) is 3.88. The molecule has 0 saturated heterocycles. The maximum absolute atomic E-state index is 10.7. The third-order valence-corrected chi connectivity index (χ3v) is 2.31. The van der Waals surface area contributed by atoms with Crippen LogP contribution in [0, 0.1) is 5.41 Å². The fourth-order valence-corrected chi connectivity index (χ4v) is 1.06. The third kappa shape index (κ3) is 3.65. The molecule has 1 rings (SSSR count). The van der Waals surface area contributed by atoms with Crippen LogP contribution in [0.5, 0.6) is 0 Å². The van der Waals surface area contributed by atoms with Gasteiger partial charge in [-0.3, -0.25) is 4.79 Å². The van der Waals surface area contributed by atoms with Crippen molar-refractivity contribution in [1.82, 2.24) is 0 Å². The molecule has 0 aromatic rings. The summed E-state index contributed by atoms with van der Waals surface area (Å²) in [6.07, 6.45) is 3.47. The van der Waals surface area contributed by atoms with Crippen LogP contribution in [0.2, 0.25) is 0 Å². The number of rotatable bonds is 1. The molecule has 2 nitrogen and oxygen atoms in total. The molecular weight excluding hydrogens is 152 g/mol. The number of ketones is 2. The highest BCUT2D eigenvalue weighted by atomic mass is 16.1. The van der Waals surface area contributed by atoms with Crippen molar-refractivity contribution in [1.29, 1.82) is 0 Å². The summed E-state index contributed by atoms with van der Waals surface area (Å²) in [7, 11) is 0. The number of hydrogen-bond acceptors (Lipinski definition) is 2. The van der Waals surface area contributed by atoms with Gasteiger partial charge in [0.25, 0.3) is 0 Å². The summed E-state index contributed by atoms with van der Waals surface area (Å²) >= 11 is 0. The molecule has 1 fully saturated rings. The Labute approximate surface area is 74.3 Å². The monoisotopic (exact) mass is 170 g/mol. The Morgan fingerprint density at radius 1 is 1.08 bits per heavy atom. The summed E-state index contributed by atoms with van der Waals surface area (Å²) in [6.45, 7) is 6.80. The molecule has 1 saturated carbocycles. The lowest BCUT2D eigenvalue weighted by molar-refractivity contribution is -0.129. The summed E-state index contributed by atoms with van der Waals surface area (Å²) < 4.78 is 0. The summed E-state index contributed by atoms with van der Waals surface area (Å²) in [6, 6.07) is 0. The number of Topliss-reactive ketones (excluding diaryl/α,β-unsaturated/α-hetero) is 2. The Bertz CT molecular complexity index is 174. The first-order valence-corrected chi connectivity index (χ1v) is 4.37. The highest BCUT2D eigenvalue weighted by Crippen LogP contribution is 2.40. The van der Waals surface area contributed by atoms with E-state index in [9.17, 15) is 9.59 Å². The van der Waals surface area contributed by atoms with E-state index in [0.29, 0.717) is 5.78 Å². The molecular formula is C10H18O2. The molecule has 0 amide bonds. The zero-order chi connectivity index (χ0) is 9.78. The van der Waals surface area contributed by atoms with Crippen LogP contribution in [0.4, 0.5) is 0 Å². The molecule has 2 heteroatoms. The van der Waals surface area contributed by atoms with E-state index in [-0.39, 0.29) is 11.2 Å². The molecule has 1 aliphatic carbocycles. The molecule has 0 N–H and O–H groups in total. The summed E-state index contributed by atoms with van der Waals surface area (Å²) in [5.74, 6) is 0.531. The van der Waals surface area contributed by atoms with E-state index < -0.39 is 0 Å². The van der Waals surface area contributed by atoms with E-state index in [0.717, 1.165) is 12.8 Å². The van der Waals surface area contributed by atoms with Gasteiger partial charge in [0.1, 0.15) is 11.6 Å². The minimum Gasteiger partial charge on any atom is -0.300 e. The zero-order valence-electron chi connectivity index (χ0n) is 8.44.